The smallest absolute Gasteiger partial charge is 0.337 e. The zero-order valence-electron chi connectivity index (χ0n) is 15.5. The van der Waals surface area contributed by atoms with Gasteiger partial charge in [-0.05, 0) is 37.3 Å². The monoisotopic (exact) mass is 419 g/mol. The molecule has 1 heterocycles. The van der Waals surface area contributed by atoms with E-state index in [2.05, 4.69) is 4.74 Å². The van der Waals surface area contributed by atoms with E-state index in [-0.39, 0.29) is 28.5 Å². The first-order chi connectivity index (χ1) is 13.8. The molecule has 3 aromatic rings. The minimum atomic E-state index is -0.728. The molecule has 0 aliphatic heterocycles. The van der Waals surface area contributed by atoms with Crippen LogP contribution in [0.4, 0.5) is 8.78 Å². The molecule has 1 aromatic heterocycles. The highest BCUT2D eigenvalue weighted by Gasteiger charge is 2.13. The van der Waals surface area contributed by atoms with Crippen LogP contribution in [0.15, 0.2) is 53.5 Å². The lowest BCUT2D eigenvalue weighted by Gasteiger charge is -2.14. The molecule has 0 fully saturated rings. The molecule has 8 heteroatoms. The van der Waals surface area contributed by atoms with Crippen LogP contribution < -0.4 is 10.3 Å². The van der Waals surface area contributed by atoms with Gasteiger partial charge in [-0.15, -0.1) is 0 Å². The van der Waals surface area contributed by atoms with Crippen LogP contribution >= 0.6 is 11.6 Å². The van der Waals surface area contributed by atoms with Crippen molar-refractivity contribution < 1.29 is 23.0 Å². The van der Waals surface area contributed by atoms with Crippen LogP contribution in [0, 0.1) is 18.6 Å². The highest BCUT2D eigenvalue weighted by atomic mass is 35.5. The Hall–Kier alpha value is -3.19. The Bertz CT molecular complexity index is 1140. The number of nitrogens with zero attached hydrogens (tertiary/aromatic N) is 1. The number of pyridine rings is 1. The van der Waals surface area contributed by atoms with Crippen LogP contribution in [0.25, 0.3) is 5.69 Å². The highest BCUT2D eigenvalue weighted by Crippen LogP contribution is 2.24. The first-order valence-electron chi connectivity index (χ1n) is 8.48. The maximum absolute atomic E-state index is 13.7. The quantitative estimate of drug-likeness (QED) is 0.573. The lowest BCUT2D eigenvalue weighted by molar-refractivity contribution is 0.0600. The predicted molar refractivity (Wildman–Crippen MR) is 104 cm³/mol. The first kappa shape index (κ1) is 20.5. The third-order valence-electron chi connectivity index (χ3n) is 4.23. The molecule has 0 atom stereocenters. The summed E-state index contributed by atoms with van der Waals surface area (Å²) in [6, 6.07) is 8.87. The third kappa shape index (κ3) is 4.46. The molecular formula is C21H16ClF2NO4. The molecule has 3 rings (SSSR count). The van der Waals surface area contributed by atoms with Gasteiger partial charge in [0.2, 0.25) is 0 Å². The van der Waals surface area contributed by atoms with E-state index >= 15 is 0 Å². The Labute approximate surface area is 170 Å². The average Bonchev–Trinajstić information content (AvgIpc) is 2.69. The van der Waals surface area contributed by atoms with Crippen molar-refractivity contribution in [2.45, 2.75) is 13.5 Å². The number of hydrogen-bond donors (Lipinski definition) is 0. The summed E-state index contributed by atoms with van der Waals surface area (Å²) in [5.41, 5.74) is 0.963. The van der Waals surface area contributed by atoms with Gasteiger partial charge in [-0.2, -0.15) is 0 Å². The molecule has 150 valence electrons. The number of aromatic nitrogens is 1. The second-order valence-corrected chi connectivity index (χ2v) is 6.62. The standard InChI is InChI=1S/C21H16ClF2NO4/c1-12-10-25(18-6-4-13(7-16(18)22)21(27)28-2)20(26)9-19(12)29-11-14-3-5-15(23)8-17(14)24/h3-10H,11H2,1-2H3. The predicted octanol–water partition coefficient (Wildman–Crippen LogP) is 4.44. The van der Waals surface area contributed by atoms with Crippen molar-refractivity contribution in [3.8, 4) is 11.4 Å². The van der Waals surface area contributed by atoms with Gasteiger partial charge in [-0.3, -0.25) is 9.36 Å². The number of methoxy groups -OCH3 is 1. The van der Waals surface area contributed by atoms with Crippen molar-refractivity contribution in [3.63, 3.8) is 0 Å². The van der Waals surface area contributed by atoms with E-state index in [0.29, 0.717) is 11.3 Å². The highest BCUT2D eigenvalue weighted by molar-refractivity contribution is 6.32. The molecule has 0 aliphatic rings. The number of carbonyl (C=O) groups is 1. The summed E-state index contributed by atoms with van der Waals surface area (Å²) in [7, 11) is 1.26. The summed E-state index contributed by atoms with van der Waals surface area (Å²) in [4.78, 5) is 24.1. The molecule has 0 radical (unpaired) electrons. The first-order valence-corrected chi connectivity index (χ1v) is 8.86. The van der Waals surface area contributed by atoms with Gasteiger partial charge in [-0.25, -0.2) is 13.6 Å². The molecule has 0 unspecified atom stereocenters. The largest absolute Gasteiger partial charge is 0.488 e. The average molecular weight is 420 g/mol. The number of ether oxygens (including phenoxy) is 2. The molecule has 0 spiro atoms. The van der Waals surface area contributed by atoms with Gasteiger partial charge in [0.1, 0.15) is 24.0 Å². The number of halogens is 3. The normalized spacial score (nSPS) is 10.7. The molecule has 2 aromatic carbocycles. The Balaban J connectivity index is 1.88. The van der Waals surface area contributed by atoms with Crippen LogP contribution in [0.2, 0.25) is 5.02 Å². The summed E-state index contributed by atoms with van der Waals surface area (Å²) < 4.78 is 38.2. The molecule has 0 saturated heterocycles. The van der Waals surface area contributed by atoms with Gasteiger partial charge in [0.05, 0.1) is 23.4 Å². The zero-order chi connectivity index (χ0) is 21.1. The van der Waals surface area contributed by atoms with Gasteiger partial charge in [0.25, 0.3) is 5.56 Å². The second-order valence-electron chi connectivity index (χ2n) is 6.21. The van der Waals surface area contributed by atoms with Crippen LogP contribution in [0.3, 0.4) is 0 Å². The van der Waals surface area contributed by atoms with Crippen LogP contribution in [0.1, 0.15) is 21.5 Å². The molecule has 0 aliphatic carbocycles. The summed E-state index contributed by atoms with van der Waals surface area (Å²) in [6.07, 6.45) is 1.53. The second kappa shape index (κ2) is 8.45. The van der Waals surface area contributed by atoms with Gasteiger partial charge >= 0.3 is 5.97 Å². The Morgan fingerprint density at radius 1 is 1.14 bits per heavy atom. The van der Waals surface area contributed by atoms with E-state index in [1.54, 1.807) is 6.92 Å². The van der Waals surface area contributed by atoms with Gasteiger partial charge in [-0.1, -0.05) is 11.6 Å². The topological polar surface area (TPSA) is 57.5 Å². The number of benzene rings is 2. The van der Waals surface area contributed by atoms with Crippen molar-refractivity contribution >= 4 is 17.6 Å². The van der Waals surface area contributed by atoms with E-state index in [0.717, 1.165) is 12.1 Å². The summed E-state index contributed by atoms with van der Waals surface area (Å²) >= 11 is 6.23. The fraction of sp³-hybridized carbons (Fsp3) is 0.143. The summed E-state index contributed by atoms with van der Waals surface area (Å²) in [6.45, 7) is 1.55. The number of rotatable bonds is 5. The number of carbonyl (C=O) groups excluding carboxylic acids is 1. The minimum absolute atomic E-state index is 0.162. The zero-order valence-corrected chi connectivity index (χ0v) is 16.3. The van der Waals surface area contributed by atoms with E-state index in [9.17, 15) is 18.4 Å². The molecule has 5 nitrogen and oxygen atoms in total. The SMILES string of the molecule is COC(=O)c1ccc(-n2cc(C)c(OCc3ccc(F)cc3F)cc2=O)c(Cl)c1. The third-order valence-corrected chi connectivity index (χ3v) is 4.53. The summed E-state index contributed by atoms with van der Waals surface area (Å²) in [5, 5.41) is 0.191. The van der Waals surface area contributed by atoms with Gasteiger partial charge in [0, 0.05) is 29.5 Å². The van der Waals surface area contributed by atoms with Crippen LogP contribution in [0.5, 0.6) is 5.75 Å². The number of hydrogen-bond acceptors (Lipinski definition) is 4. The molecule has 29 heavy (non-hydrogen) atoms. The van der Waals surface area contributed by atoms with Crippen molar-refractivity contribution in [2.75, 3.05) is 7.11 Å². The van der Waals surface area contributed by atoms with Crippen molar-refractivity contribution in [2.24, 2.45) is 0 Å². The number of aryl methyl sites for hydroxylation is 1. The van der Waals surface area contributed by atoms with Crippen LogP contribution in [-0.4, -0.2) is 17.6 Å². The van der Waals surface area contributed by atoms with Crippen molar-refractivity contribution in [1.82, 2.24) is 4.57 Å². The lowest BCUT2D eigenvalue weighted by Crippen LogP contribution is -2.18. The fourth-order valence-corrected chi connectivity index (χ4v) is 2.97. The van der Waals surface area contributed by atoms with Crippen LogP contribution in [-0.2, 0) is 11.3 Å². The van der Waals surface area contributed by atoms with Gasteiger partial charge in [0.15, 0.2) is 0 Å². The van der Waals surface area contributed by atoms with E-state index < -0.39 is 23.2 Å². The molecule has 0 amide bonds. The fourth-order valence-electron chi connectivity index (χ4n) is 2.70. The Morgan fingerprint density at radius 2 is 1.90 bits per heavy atom. The van der Waals surface area contributed by atoms with Crippen molar-refractivity contribution in [3.05, 3.63) is 92.4 Å². The molecule has 0 bridgehead atoms. The van der Waals surface area contributed by atoms with Gasteiger partial charge < -0.3 is 9.47 Å². The molecular weight excluding hydrogens is 404 g/mol. The van der Waals surface area contributed by atoms with Crippen molar-refractivity contribution in [1.29, 1.82) is 0 Å². The van der Waals surface area contributed by atoms with E-state index in [4.69, 9.17) is 16.3 Å². The minimum Gasteiger partial charge on any atom is -0.488 e. The molecule has 0 saturated carbocycles. The lowest BCUT2D eigenvalue weighted by atomic mass is 10.2. The Morgan fingerprint density at radius 3 is 2.55 bits per heavy atom. The molecule has 0 N–H and O–H groups in total. The summed E-state index contributed by atoms with van der Waals surface area (Å²) in [5.74, 6) is -1.69. The van der Waals surface area contributed by atoms with E-state index in [1.807, 2.05) is 0 Å². The maximum Gasteiger partial charge on any atom is 0.337 e. The maximum atomic E-state index is 13.7. The van der Waals surface area contributed by atoms with E-state index in [1.165, 1.54) is 48.2 Å². The Kier molecular flexibility index (Phi) is 5.98. The number of esters is 1.